The Bertz CT molecular complexity index is 635. The molecule has 0 saturated carbocycles. The molecule has 0 fully saturated rings. The molecule has 3 rings (SSSR count). The van der Waals surface area contributed by atoms with Crippen molar-refractivity contribution in [1.82, 2.24) is 9.97 Å². The lowest BCUT2D eigenvalue weighted by molar-refractivity contribution is -0.273. The molecule has 4 heteroatoms. The molecule has 3 nitrogen and oxygen atoms in total. The van der Waals surface area contributed by atoms with Crippen LogP contribution >= 0.6 is 11.3 Å². The van der Waals surface area contributed by atoms with Crippen LogP contribution in [0, 0.1) is 0 Å². The van der Waals surface area contributed by atoms with Gasteiger partial charge in [-0.3, -0.25) is 4.98 Å². The van der Waals surface area contributed by atoms with Gasteiger partial charge in [0.2, 0.25) is 0 Å². The van der Waals surface area contributed by atoms with E-state index < -0.39 is 0 Å². The van der Waals surface area contributed by atoms with Crippen LogP contribution in [0.5, 0.6) is 5.88 Å². The fraction of sp³-hybridized carbons (Fsp3) is 0. The number of nitrogens with zero attached hydrogens (tertiary/aromatic N) is 2. The van der Waals surface area contributed by atoms with Crippen LogP contribution in [-0.2, 0) is 0 Å². The molecular formula is C12H7N2OS-. The lowest BCUT2D eigenvalue weighted by Crippen LogP contribution is -1.99. The van der Waals surface area contributed by atoms with Crippen molar-refractivity contribution in [3.63, 3.8) is 0 Å². The van der Waals surface area contributed by atoms with Gasteiger partial charge in [0.15, 0.2) is 0 Å². The molecule has 1 aromatic carbocycles. The average molecular weight is 227 g/mol. The lowest BCUT2D eigenvalue weighted by Gasteiger charge is -2.10. The first-order valence-electron chi connectivity index (χ1n) is 4.82. The summed E-state index contributed by atoms with van der Waals surface area (Å²) in [4.78, 5) is 9.24. The zero-order valence-electron chi connectivity index (χ0n) is 8.25. The molecule has 78 valence electrons. The molecule has 0 spiro atoms. The number of para-hydroxylation sites is 2. The number of thiophene rings is 1. The molecule has 3 aromatic rings. The number of rotatable bonds is 1. The van der Waals surface area contributed by atoms with E-state index in [1.54, 1.807) is 6.07 Å². The van der Waals surface area contributed by atoms with Crippen LogP contribution in [0.4, 0.5) is 0 Å². The van der Waals surface area contributed by atoms with Crippen LogP contribution in [-0.4, -0.2) is 9.97 Å². The molecule has 2 aromatic heterocycles. The van der Waals surface area contributed by atoms with Crippen LogP contribution in [0.15, 0.2) is 41.8 Å². The Hall–Kier alpha value is -1.94. The van der Waals surface area contributed by atoms with Gasteiger partial charge in [-0.2, -0.15) is 0 Å². The van der Waals surface area contributed by atoms with E-state index >= 15 is 0 Å². The first-order valence-corrected chi connectivity index (χ1v) is 5.70. The second-order valence-corrected chi connectivity index (χ2v) is 4.29. The van der Waals surface area contributed by atoms with Gasteiger partial charge in [0.1, 0.15) is 0 Å². The SMILES string of the molecule is [O-]c1nc2ccccc2nc1-c1cccs1. The summed E-state index contributed by atoms with van der Waals surface area (Å²) in [7, 11) is 0. The minimum Gasteiger partial charge on any atom is -0.857 e. The molecular weight excluding hydrogens is 220 g/mol. The minimum absolute atomic E-state index is 0.263. The van der Waals surface area contributed by atoms with Gasteiger partial charge >= 0.3 is 0 Å². The number of benzene rings is 1. The minimum atomic E-state index is -0.263. The van der Waals surface area contributed by atoms with Crippen molar-refractivity contribution in [2.24, 2.45) is 0 Å². The van der Waals surface area contributed by atoms with Crippen molar-refractivity contribution >= 4 is 22.4 Å². The van der Waals surface area contributed by atoms with E-state index in [1.807, 2.05) is 35.7 Å². The van der Waals surface area contributed by atoms with Crippen molar-refractivity contribution in [3.8, 4) is 16.5 Å². The smallest absolute Gasteiger partial charge is 0.0917 e. The third-order valence-corrected chi connectivity index (χ3v) is 3.17. The molecule has 0 aliphatic heterocycles. The van der Waals surface area contributed by atoms with Crippen LogP contribution < -0.4 is 5.11 Å². The Morgan fingerprint density at radius 1 is 0.938 bits per heavy atom. The van der Waals surface area contributed by atoms with Gasteiger partial charge < -0.3 is 5.11 Å². The van der Waals surface area contributed by atoms with Gasteiger partial charge in [-0.25, -0.2) is 4.98 Å². The van der Waals surface area contributed by atoms with E-state index in [0.29, 0.717) is 11.2 Å². The van der Waals surface area contributed by atoms with Crippen LogP contribution in [0.1, 0.15) is 0 Å². The highest BCUT2D eigenvalue weighted by Crippen LogP contribution is 2.29. The molecule has 0 aliphatic carbocycles. The Labute approximate surface area is 96.0 Å². The monoisotopic (exact) mass is 227 g/mol. The van der Waals surface area contributed by atoms with Gasteiger partial charge in [0.25, 0.3) is 0 Å². The highest BCUT2D eigenvalue weighted by atomic mass is 32.1. The third kappa shape index (κ3) is 1.44. The maximum Gasteiger partial charge on any atom is 0.0917 e. The summed E-state index contributed by atoms with van der Waals surface area (Å²) in [6, 6.07) is 11.2. The van der Waals surface area contributed by atoms with Crippen molar-refractivity contribution in [3.05, 3.63) is 41.8 Å². The van der Waals surface area contributed by atoms with Crippen molar-refractivity contribution in [2.75, 3.05) is 0 Å². The first-order chi connectivity index (χ1) is 7.84. The van der Waals surface area contributed by atoms with Crippen molar-refractivity contribution < 1.29 is 5.11 Å². The Balaban J connectivity index is 2.30. The standard InChI is InChI=1S/C12H8N2OS/c15-12-11(10-6-3-7-16-10)13-8-4-1-2-5-9(8)14-12/h1-7H,(H,14,15)/p-1. The number of aromatic nitrogens is 2. The van der Waals surface area contributed by atoms with Gasteiger partial charge in [-0.15, -0.1) is 11.3 Å². The van der Waals surface area contributed by atoms with Gasteiger partial charge in [-0.05, 0) is 23.6 Å². The maximum absolute atomic E-state index is 11.8. The summed E-state index contributed by atoms with van der Waals surface area (Å²) >= 11 is 1.50. The van der Waals surface area contributed by atoms with Gasteiger partial charge in [0, 0.05) is 5.88 Å². The van der Waals surface area contributed by atoms with Gasteiger partial charge in [-0.1, -0.05) is 18.2 Å². The second kappa shape index (κ2) is 3.57. The van der Waals surface area contributed by atoms with E-state index in [0.717, 1.165) is 10.4 Å². The predicted molar refractivity (Wildman–Crippen MR) is 62.3 cm³/mol. The summed E-state index contributed by atoms with van der Waals surface area (Å²) in [5.41, 5.74) is 1.84. The average Bonchev–Trinajstić information content (AvgIpc) is 2.81. The molecule has 0 unspecified atom stereocenters. The van der Waals surface area contributed by atoms with Crippen LogP contribution in [0.2, 0.25) is 0 Å². The quantitative estimate of drug-likeness (QED) is 0.641. The molecule has 0 saturated heterocycles. The second-order valence-electron chi connectivity index (χ2n) is 3.34. The topological polar surface area (TPSA) is 48.8 Å². The summed E-state index contributed by atoms with van der Waals surface area (Å²) in [6.45, 7) is 0. The van der Waals surface area contributed by atoms with Gasteiger partial charge in [0.05, 0.1) is 21.6 Å². The Kier molecular flexibility index (Phi) is 2.08. The molecule has 0 N–H and O–H groups in total. The maximum atomic E-state index is 11.8. The third-order valence-electron chi connectivity index (χ3n) is 2.29. The molecule has 0 radical (unpaired) electrons. The molecule has 0 amide bonds. The normalized spacial score (nSPS) is 10.8. The zero-order chi connectivity index (χ0) is 11.0. The molecule has 0 atom stereocenters. The fourth-order valence-electron chi connectivity index (χ4n) is 1.56. The number of hydrogen-bond acceptors (Lipinski definition) is 4. The Morgan fingerprint density at radius 2 is 1.69 bits per heavy atom. The molecule has 16 heavy (non-hydrogen) atoms. The van der Waals surface area contributed by atoms with Crippen molar-refractivity contribution in [1.29, 1.82) is 0 Å². The molecule has 0 bridgehead atoms. The highest BCUT2D eigenvalue weighted by molar-refractivity contribution is 7.13. The largest absolute Gasteiger partial charge is 0.857 e. The Morgan fingerprint density at radius 3 is 2.38 bits per heavy atom. The first kappa shape index (κ1) is 9.30. The fourth-order valence-corrected chi connectivity index (χ4v) is 2.26. The summed E-state index contributed by atoms with van der Waals surface area (Å²) in [6.07, 6.45) is 0. The summed E-state index contributed by atoms with van der Waals surface area (Å²) < 4.78 is 0. The zero-order valence-corrected chi connectivity index (χ0v) is 9.07. The molecule has 2 heterocycles. The van der Waals surface area contributed by atoms with E-state index in [1.165, 1.54) is 11.3 Å². The van der Waals surface area contributed by atoms with Crippen molar-refractivity contribution in [2.45, 2.75) is 0 Å². The number of hydrogen-bond donors (Lipinski definition) is 0. The summed E-state index contributed by atoms with van der Waals surface area (Å²) in [5.74, 6) is -0.263. The van der Waals surface area contributed by atoms with E-state index in [4.69, 9.17) is 0 Å². The van der Waals surface area contributed by atoms with Crippen LogP contribution in [0.25, 0.3) is 21.6 Å². The molecule has 0 aliphatic rings. The van der Waals surface area contributed by atoms with E-state index in [-0.39, 0.29) is 5.88 Å². The highest BCUT2D eigenvalue weighted by Gasteiger charge is 2.04. The number of fused-ring (bicyclic) bond motifs is 1. The lowest BCUT2D eigenvalue weighted by atomic mass is 10.2. The summed E-state index contributed by atoms with van der Waals surface area (Å²) in [5, 5.41) is 13.7. The van der Waals surface area contributed by atoms with Crippen LogP contribution in [0.3, 0.4) is 0 Å². The predicted octanol–water partition coefficient (Wildman–Crippen LogP) is 2.43. The van der Waals surface area contributed by atoms with E-state index in [2.05, 4.69) is 9.97 Å². The van der Waals surface area contributed by atoms with E-state index in [9.17, 15) is 5.11 Å².